The molecule has 10 nitrogen and oxygen atoms in total. The van der Waals surface area contributed by atoms with Gasteiger partial charge in [0.25, 0.3) is 11.8 Å². The number of hydrogen-bond donors (Lipinski definition) is 2. The Kier molecular flexibility index (Phi) is 11.5. The Morgan fingerprint density at radius 2 is 1.76 bits per heavy atom. The van der Waals surface area contributed by atoms with E-state index in [0.29, 0.717) is 36.9 Å². The predicted octanol–water partition coefficient (Wildman–Crippen LogP) is 5.36. The van der Waals surface area contributed by atoms with Gasteiger partial charge in [0.05, 0.1) is 17.2 Å². The third-order valence-electron chi connectivity index (χ3n) is 9.08. The van der Waals surface area contributed by atoms with Gasteiger partial charge >= 0.3 is 12.4 Å². The Morgan fingerprint density at radius 3 is 2.41 bits per heavy atom. The van der Waals surface area contributed by atoms with Crippen LogP contribution >= 0.6 is 11.3 Å². The van der Waals surface area contributed by atoms with E-state index in [1.165, 1.54) is 9.80 Å². The molecule has 2 atom stereocenters. The third kappa shape index (κ3) is 8.24. The van der Waals surface area contributed by atoms with Crippen molar-refractivity contribution in [1.29, 1.82) is 0 Å². The maximum atomic E-state index is 14.8. The van der Waals surface area contributed by atoms with Crippen LogP contribution in [0.4, 0.5) is 32.0 Å². The first-order valence-electron chi connectivity index (χ1n) is 16.4. The Bertz CT molecular complexity index is 1710. The predicted molar refractivity (Wildman–Crippen MR) is 175 cm³/mol. The fraction of sp³-hybridized carbons (Fsp3) is 0.471. The summed E-state index contributed by atoms with van der Waals surface area (Å²) in [6, 6.07) is 7.65. The summed E-state index contributed by atoms with van der Waals surface area (Å²) in [5, 5.41) is 12.8. The lowest BCUT2D eigenvalue weighted by atomic mass is 9.79. The average molecular weight is 742 g/mol. The Hall–Kier alpha value is -4.38. The topological polar surface area (TPSA) is 115 Å². The number of nitrogens with zero attached hydrogens (tertiary/aromatic N) is 4. The summed E-state index contributed by atoms with van der Waals surface area (Å²) in [4.78, 5) is 47.9. The lowest BCUT2D eigenvalue weighted by Crippen LogP contribution is -2.69. The molecule has 51 heavy (non-hydrogen) atoms. The second-order valence-corrected chi connectivity index (χ2v) is 13.2. The van der Waals surface area contributed by atoms with Gasteiger partial charge in [-0.1, -0.05) is 31.5 Å². The number of thiophene rings is 1. The van der Waals surface area contributed by atoms with Gasteiger partial charge in [0, 0.05) is 75.2 Å². The minimum atomic E-state index is -4.87. The molecular formula is C34H37F6N5O5S. The highest BCUT2D eigenvalue weighted by atomic mass is 32.1. The number of aromatic nitrogens is 1. The first kappa shape index (κ1) is 37.9. The van der Waals surface area contributed by atoms with Crippen molar-refractivity contribution in [3.05, 3.63) is 75.7 Å². The van der Waals surface area contributed by atoms with Crippen LogP contribution in [0.5, 0.6) is 5.75 Å². The SMILES string of the molecule is CCC[C@H]1N(C(=O)c2cnccc2C(F)(F)F)CCC[C@@]1(Oc1csc(C(F)(F)F)c1)C(=O)N1CCN(c2ccccc2CNC(=O)CO)CC1. The van der Waals surface area contributed by atoms with Gasteiger partial charge in [-0.2, -0.15) is 26.3 Å². The van der Waals surface area contributed by atoms with Gasteiger partial charge in [-0.3, -0.25) is 19.4 Å². The minimum absolute atomic E-state index is 0.00421. The van der Waals surface area contributed by atoms with Crippen LogP contribution in [0.1, 0.15) is 59.0 Å². The number of hydrogen-bond acceptors (Lipinski definition) is 8. The maximum Gasteiger partial charge on any atom is 0.425 e. The van der Waals surface area contributed by atoms with E-state index < -0.39 is 64.3 Å². The van der Waals surface area contributed by atoms with Gasteiger partial charge in [0.1, 0.15) is 17.2 Å². The second kappa shape index (κ2) is 15.5. The van der Waals surface area contributed by atoms with Crippen LogP contribution in [0.2, 0.25) is 0 Å². The minimum Gasteiger partial charge on any atom is -0.474 e. The van der Waals surface area contributed by atoms with E-state index >= 15 is 0 Å². The van der Waals surface area contributed by atoms with Gasteiger partial charge in [0.2, 0.25) is 11.5 Å². The van der Waals surface area contributed by atoms with E-state index in [1.54, 1.807) is 13.0 Å². The first-order valence-corrected chi connectivity index (χ1v) is 17.2. The van der Waals surface area contributed by atoms with Crippen LogP contribution < -0.4 is 15.0 Å². The zero-order valence-corrected chi connectivity index (χ0v) is 28.4. The van der Waals surface area contributed by atoms with E-state index in [-0.39, 0.29) is 51.2 Å². The molecule has 17 heteroatoms. The highest BCUT2D eigenvalue weighted by Crippen LogP contribution is 2.43. The first-order chi connectivity index (χ1) is 24.2. The fourth-order valence-corrected chi connectivity index (χ4v) is 7.42. The number of para-hydroxylation sites is 1. The monoisotopic (exact) mass is 741 g/mol. The number of aliphatic hydroxyl groups is 1. The lowest BCUT2D eigenvalue weighted by Gasteiger charge is -2.51. The number of alkyl halides is 6. The van der Waals surface area contributed by atoms with Crippen molar-refractivity contribution in [3.63, 3.8) is 0 Å². The van der Waals surface area contributed by atoms with E-state index in [1.807, 2.05) is 23.1 Å². The number of anilines is 1. The van der Waals surface area contributed by atoms with Crippen molar-refractivity contribution >= 4 is 34.7 Å². The van der Waals surface area contributed by atoms with Crippen molar-refractivity contribution in [1.82, 2.24) is 20.1 Å². The molecule has 2 aliphatic rings. The zero-order valence-electron chi connectivity index (χ0n) is 27.6. The van der Waals surface area contributed by atoms with Crippen molar-refractivity contribution in [3.8, 4) is 5.75 Å². The molecule has 0 spiro atoms. The smallest absolute Gasteiger partial charge is 0.425 e. The van der Waals surface area contributed by atoms with E-state index in [4.69, 9.17) is 9.84 Å². The summed E-state index contributed by atoms with van der Waals surface area (Å²) >= 11 is 0.385. The molecule has 3 amide bonds. The number of nitrogens with one attached hydrogen (secondary N) is 1. The van der Waals surface area contributed by atoms with Gasteiger partial charge < -0.3 is 29.9 Å². The molecule has 5 rings (SSSR count). The number of carbonyl (C=O) groups is 3. The number of aliphatic hydroxyl groups excluding tert-OH is 1. The van der Waals surface area contributed by atoms with Crippen molar-refractivity contribution in [2.45, 2.75) is 63.1 Å². The van der Waals surface area contributed by atoms with Crippen LogP contribution in [0.25, 0.3) is 0 Å². The van der Waals surface area contributed by atoms with Crippen LogP contribution in [-0.2, 0) is 28.5 Å². The molecule has 0 aliphatic carbocycles. The van der Waals surface area contributed by atoms with Gasteiger partial charge in [-0.25, -0.2) is 0 Å². The quantitative estimate of drug-likeness (QED) is 0.269. The number of halogens is 6. The molecular weight excluding hydrogens is 704 g/mol. The highest BCUT2D eigenvalue weighted by molar-refractivity contribution is 7.10. The molecule has 2 N–H and O–H groups in total. The van der Waals surface area contributed by atoms with Crippen molar-refractivity contribution in [2.24, 2.45) is 0 Å². The number of carbonyl (C=O) groups excluding carboxylic acids is 3. The molecule has 0 unspecified atom stereocenters. The lowest BCUT2D eigenvalue weighted by molar-refractivity contribution is -0.159. The number of piperidine rings is 1. The van der Waals surface area contributed by atoms with E-state index in [2.05, 4.69) is 10.3 Å². The van der Waals surface area contributed by atoms with Crippen LogP contribution in [0, 0.1) is 0 Å². The molecule has 276 valence electrons. The molecule has 3 aromatic rings. The number of likely N-dealkylation sites (tertiary alicyclic amines) is 1. The van der Waals surface area contributed by atoms with Crippen LogP contribution in [0.15, 0.2) is 54.2 Å². The van der Waals surface area contributed by atoms with E-state index in [9.17, 15) is 40.7 Å². The van der Waals surface area contributed by atoms with Crippen LogP contribution in [-0.4, -0.2) is 88.6 Å². The average Bonchev–Trinajstić information content (AvgIpc) is 3.60. The number of ether oxygens (including phenoxy) is 1. The van der Waals surface area contributed by atoms with Crippen molar-refractivity contribution in [2.75, 3.05) is 44.2 Å². The molecule has 2 aliphatic heterocycles. The second-order valence-electron chi connectivity index (χ2n) is 12.3. The third-order valence-corrected chi connectivity index (χ3v) is 10.0. The largest absolute Gasteiger partial charge is 0.474 e. The molecule has 0 saturated carbocycles. The molecule has 1 aromatic carbocycles. The normalized spacial score (nSPS) is 19.9. The summed E-state index contributed by atoms with van der Waals surface area (Å²) in [7, 11) is 0. The Morgan fingerprint density at radius 1 is 1.04 bits per heavy atom. The molecule has 2 aromatic heterocycles. The number of rotatable bonds is 10. The molecule has 4 heterocycles. The number of amides is 3. The van der Waals surface area contributed by atoms with Crippen LogP contribution in [0.3, 0.4) is 0 Å². The van der Waals surface area contributed by atoms with Gasteiger partial charge in [-0.15, -0.1) is 11.3 Å². The molecule has 2 saturated heterocycles. The summed E-state index contributed by atoms with van der Waals surface area (Å²) in [6.07, 6.45) is -7.18. The van der Waals surface area contributed by atoms with Gasteiger partial charge in [-0.05, 0) is 30.5 Å². The Labute approximate surface area is 294 Å². The summed E-state index contributed by atoms with van der Waals surface area (Å²) in [6.45, 7) is 2.22. The highest BCUT2D eigenvalue weighted by Gasteiger charge is 2.56. The fourth-order valence-electron chi connectivity index (χ4n) is 6.74. The number of piperazine rings is 1. The maximum absolute atomic E-state index is 14.8. The number of benzene rings is 1. The summed E-state index contributed by atoms with van der Waals surface area (Å²) in [5.41, 5.74) is -2.24. The molecule has 0 bridgehead atoms. The standard InChI is InChI=1S/C34H37F6N5O5S/c1-2-6-27-32(50-23-17-28(51-21-23)34(38,39)40,10-5-12-45(27)30(48)24-19-41-11-9-25(24)33(35,36)37)31(49)44-15-13-43(14-16-44)26-8-4-3-7-22(26)18-42-29(47)20-46/h3-4,7-9,11,17,19,21,27,46H,2,5-6,10,12-16,18,20H2,1H3,(H,42,47)/t27-,32+/m1/s1. The molecule has 0 radical (unpaired) electrons. The zero-order chi connectivity index (χ0) is 37.0. The summed E-state index contributed by atoms with van der Waals surface area (Å²) in [5.74, 6) is -2.36. The van der Waals surface area contributed by atoms with E-state index in [0.717, 1.165) is 35.1 Å². The van der Waals surface area contributed by atoms with Crippen molar-refractivity contribution < 1.29 is 50.6 Å². The van der Waals surface area contributed by atoms with Gasteiger partial charge in [0.15, 0.2) is 0 Å². The number of pyridine rings is 1. The molecule has 2 fully saturated rings. The Balaban J connectivity index is 1.48. The summed E-state index contributed by atoms with van der Waals surface area (Å²) < 4.78 is 89.2.